The summed E-state index contributed by atoms with van der Waals surface area (Å²) in [6.45, 7) is 3.47. The number of piperidine rings is 1. The molecule has 0 bridgehead atoms. The van der Waals surface area contributed by atoms with Crippen LogP contribution in [-0.2, 0) is 14.3 Å². The molecule has 1 fully saturated rings. The van der Waals surface area contributed by atoms with Gasteiger partial charge in [-0.2, -0.15) is 0 Å². The maximum Gasteiger partial charge on any atom is 0.356 e. The smallest absolute Gasteiger partial charge is 0.356 e. The lowest BCUT2D eigenvalue weighted by atomic mass is 9.80. The molecule has 1 saturated heterocycles. The van der Waals surface area contributed by atoms with Crippen molar-refractivity contribution in [3.05, 3.63) is 18.1 Å². The number of carboxylic acids is 1. The highest BCUT2D eigenvalue weighted by molar-refractivity contribution is 5.85. The number of rotatable bonds is 6. The lowest BCUT2D eigenvalue weighted by molar-refractivity contribution is -0.159. The van der Waals surface area contributed by atoms with Crippen LogP contribution in [0.3, 0.4) is 0 Å². The van der Waals surface area contributed by atoms with Gasteiger partial charge in [0.05, 0.1) is 25.6 Å². The van der Waals surface area contributed by atoms with Crippen molar-refractivity contribution >= 4 is 17.8 Å². The quantitative estimate of drug-likeness (QED) is 0.773. The Morgan fingerprint density at radius 2 is 2.17 bits per heavy atom. The summed E-state index contributed by atoms with van der Waals surface area (Å²) in [7, 11) is 1.56. The molecule has 0 radical (unpaired) electrons. The topological polar surface area (TPSA) is 102 Å². The summed E-state index contributed by atoms with van der Waals surface area (Å²) in [5.74, 6) is -0.857. The van der Waals surface area contributed by atoms with Gasteiger partial charge in [0.1, 0.15) is 11.2 Å². The number of aromatic carboxylic acids is 1. The summed E-state index contributed by atoms with van der Waals surface area (Å²) in [4.78, 5) is 33.2. The molecule has 1 aromatic heterocycles. The minimum absolute atomic E-state index is 0.112. The van der Waals surface area contributed by atoms with Gasteiger partial charge in [0.15, 0.2) is 5.69 Å². The van der Waals surface area contributed by atoms with Gasteiger partial charge in [-0.25, -0.2) is 14.8 Å². The second kappa shape index (κ2) is 7.36. The molecule has 0 aliphatic carbocycles. The summed E-state index contributed by atoms with van der Waals surface area (Å²) in [6, 6.07) is 0. The van der Waals surface area contributed by atoms with E-state index >= 15 is 0 Å². The molecule has 0 spiro atoms. The molecule has 1 aliphatic rings. The number of esters is 1. The SMILES string of the molecule is CCOC(=O)C1(COC)CCCN(c2cnc(C(=O)O)cn2)C1. The molecular formula is C15H21N3O5. The number of carbonyl (C=O) groups is 2. The van der Waals surface area contributed by atoms with Gasteiger partial charge in [0, 0.05) is 20.2 Å². The van der Waals surface area contributed by atoms with Gasteiger partial charge in [-0.15, -0.1) is 0 Å². The molecular weight excluding hydrogens is 302 g/mol. The van der Waals surface area contributed by atoms with Crippen LogP contribution in [0.5, 0.6) is 0 Å². The molecule has 1 unspecified atom stereocenters. The number of methoxy groups -OCH3 is 1. The maximum absolute atomic E-state index is 12.4. The van der Waals surface area contributed by atoms with E-state index in [1.807, 2.05) is 4.90 Å². The summed E-state index contributed by atoms with van der Waals surface area (Å²) >= 11 is 0. The molecule has 0 amide bonds. The molecule has 1 aromatic rings. The Bertz CT molecular complexity index is 559. The van der Waals surface area contributed by atoms with Crippen molar-refractivity contribution in [2.24, 2.45) is 5.41 Å². The van der Waals surface area contributed by atoms with Crippen LogP contribution in [0.4, 0.5) is 5.82 Å². The monoisotopic (exact) mass is 323 g/mol. The van der Waals surface area contributed by atoms with E-state index in [1.165, 1.54) is 12.4 Å². The van der Waals surface area contributed by atoms with Crippen LogP contribution < -0.4 is 4.90 Å². The number of ether oxygens (including phenoxy) is 2. The Labute approximate surface area is 134 Å². The fourth-order valence-electron chi connectivity index (χ4n) is 2.83. The van der Waals surface area contributed by atoms with Gasteiger partial charge in [-0.3, -0.25) is 4.79 Å². The number of aromatic nitrogens is 2. The van der Waals surface area contributed by atoms with E-state index in [9.17, 15) is 9.59 Å². The average molecular weight is 323 g/mol. The third-order valence-corrected chi connectivity index (χ3v) is 3.89. The third-order valence-electron chi connectivity index (χ3n) is 3.89. The van der Waals surface area contributed by atoms with Crippen molar-refractivity contribution in [1.82, 2.24) is 9.97 Å². The van der Waals surface area contributed by atoms with Crippen molar-refractivity contribution < 1.29 is 24.2 Å². The Kier molecular flexibility index (Phi) is 5.49. The van der Waals surface area contributed by atoms with E-state index in [2.05, 4.69) is 9.97 Å². The van der Waals surface area contributed by atoms with Gasteiger partial charge in [-0.05, 0) is 19.8 Å². The van der Waals surface area contributed by atoms with Gasteiger partial charge in [0.25, 0.3) is 0 Å². The number of anilines is 1. The highest BCUT2D eigenvalue weighted by Gasteiger charge is 2.44. The molecule has 2 heterocycles. The van der Waals surface area contributed by atoms with Crippen molar-refractivity contribution in [2.45, 2.75) is 19.8 Å². The Morgan fingerprint density at radius 3 is 2.74 bits per heavy atom. The minimum atomic E-state index is -1.12. The predicted octanol–water partition coefficient (Wildman–Crippen LogP) is 0.971. The van der Waals surface area contributed by atoms with Crippen LogP contribution in [0, 0.1) is 5.41 Å². The van der Waals surface area contributed by atoms with Crippen molar-refractivity contribution in [3.63, 3.8) is 0 Å². The summed E-state index contributed by atoms with van der Waals surface area (Å²) < 4.78 is 10.5. The fourth-order valence-corrected chi connectivity index (χ4v) is 2.83. The molecule has 8 nitrogen and oxygen atoms in total. The molecule has 8 heteroatoms. The molecule has 1 atom stereocenters. The number of hydrogen-bond donors (Lipinski definition) is 1. The number of carboxylic acid groups (broad SMARTS) is 1. The normalized spacial score (nSPS) is 21.0. The van der Waals surface area contributed by atoms with Crippen LogP contribution in [0.15, 0.2) is 12.4 Å². The van der Waals surface area contributed by atoms with Crippen LogP contribution >= 0.6 is 0 Å². The first-order valence-electron chi connectivity index (χ1n) is 7.49. The zero-order chi connectivity index (χ0) is 16.9. The van der Waals surface area contributed by atoms with Crippen LogP contribution in [0.1, 0.15) is 30.3 Å². The molecule has 126 valence electrons. The second-order valence-corrected chi connectivity index (χ2v) is 5.52. The molecule has 1 N–H and O–H groups in total. The van der Waals surface area contributed by atoms with Crippen LogP contribution in [-0.4, -0.2) is 60.4 Å². The zero-order valence-electron chi connectivity index (χ0n) is 13.3. The summed E-state index contributed by atoms with van der Waals surface area (Å²) in [5.41, 5.74) is -0.852. The zero-order valence-corrected chi connectivity index (χ0v) is 13.3. The highest BCUT2D eigenvalue weighted by atomic mass is 16.5. The second-order valence-electron chi connectivity index (χ2n) is 5.52. The average Bonchev–Trinajstić information content (AvgIpc) is 2.55. The highest BCUT2D eigenvalue weighted by Crippen LogP contribution is 2.33. The molecule has 1 aliphatic heterocycles. The number of hydrogen-bond acceptors (Lipinski definition) is 7. The molecule has 2 rings (SSSR count). The van der Waals surface area contributed by atoms with Gasteiger partial charge >= 0.3 is 11.9 Å². The standard InChI is InChI=1S/C15H21N3O5/c1-3-23-14(21)15(10-22-2)5-4-6-18(9-15)12-8-16-11(7-17-12)13(19)20/h7-8H,3-6,9-10H2,1-2H3,(H,19,20). The lowest BCUT2D eigenvalue weighted by Gasteiger charge is -2.40. The summed E-state index contributed by atoms with van der Waals surface area (Å²) in [6.07, 6.45) is 4.09. The van der Waals surface area contributed by atoms with Crippen molar-refractivity contribution in [1.29, 1.82) is 0 Å². The van der Waals surface area contributed by atoms with Crippen molar-refractivity contribution in [3.8, 4) is 0 Å². The van der Waals surface area contributed by atoms with Gasteiger partial charge in [0.2, 0.25) is 0 Å². The predicted molar refractivity (Wildman–Crippen MR) is 81.4 cm³/mol. The van der Waals surface area contributed by atoms with E-state index in [4.69, 9.17) is 14.6 Å². The molecule has 23 heavy (non-hydrogen) atoms. The molecule has 0 saturated carbocycles. The summed E-state index contributed by atoms with van der Waals surface area (Å²) in [5, 5.41) is 8.88. The number of nitrogens with zero attached hydrogens (tertiary/aromatic N) is 3. The van der Waals surface area contributed by atoms with E-state index in [1.54, 1.807) is 14.0 Å². The van der Waals surface area contributed by atoms with E-state index in [-0.39, 0.29) is 18.3 Å². The van der Waals surface area contributed by atoms with E-state index in [0.717, 1.165) is 6.42 Å². The minimum Gasteiger partial charge on any atom is -0.476 e. The Hall–Kier alpha value is -2.22. The van der Waals surface area contributed by atoms with Crippen LogP contribution in [0.2, 0.25) is 0 Å². The van der Waals surface area contributed by atoms with Crippen molar-refractivity contribution in [2.75, 3.05) is 38.3 Å². The largest absolute Gasteiger partial charge is 0.476 e. The van der Waals surface area contributed by atoms with E-state index in [0.29, 0.717) is 31.9 Å². The maximum atomic E-state index is 12.4. The van der Waals surface area contributed by atoms with Crippen LogP contribution in [0.25, 0.3) is 0 Å². The Morgan fingerprint density at radius 1 is 1.39 bits per heavy atom. The lowest BCUT2D eigenvalue weighted by Crippen LogP contribution is -2.51. The fraction of sp³-hybridized carbons (Fsp3) is 0.600. The first-order chi connectivity index (χ1) is 11.0. The molecule has 0 aromatic carbocycles. The first kappa shape index (κ1) is 17.1. The Balaban J connectivity index is 2.20. The number of carbonyl (C=O) groups excluding carboxylic acids is 1. The first-order valence-corrected chi connectivity index (χ1v) is 7.49. The van der Waals surface area contributed by atoms with E-state index < -0.39 is 11.4 Å². The van der Waals surface area contributed by atoms with Gasteiger partial charge in [-0.1, -0.05) is 0 Å². The third kappa shape index (κ3) is 3.76. The van der Waals surface area contributed by atoms with Gasteiger partial charge < -0.3 is 19.5 Å².